The molecule has 7 nitrogen and oxygen atoms in total. The first kappa shape index (κ1) is 24.1. The zero-order chi connectivity index (χ0) is 23.4. The number of nitrogens with one attached hydrogen (secondary N) is 1. The van der Waals surface area contributed by atoms with Gasteiger partial charge in [0, 0.05) is 31.2 Å². The molecule has 0 aromatic heterocycles. The number of nitrogens with zero attached hydrogens (tertiary/aromatic N) is 2. The van der Waals surface area contributed by atoms with Gasteiger partial charge in [-0.25, -0.2) is 8.42 Å². The summed E-state index contributed by atoms with van der Waals surface area (Å²) < 4.78 is 68.8. The van der Waals surface area contributed by atoms with Gasteiger partial charge < -0.3 is 15.0 Å². The van der Waals surface area contributed by atoms with Crippen molar-refractivity contribution in [2.45, 2.75) is 11.1 Å². The Kier molecular flexibility index (Phi) is 7.52. The summed E-state index contributed by atoms with van der Waals surface area (Å²) in [4.78, 5) is 14.1. The number of carbonyl (C=O) groups excluding carboxylic acids is 1. The normalized spacial score (nSPS) is 15.4. The van der Waals surface area contributed by atoms with E-state index in [0.717, 1.165) is 0 Å². The second-order valence-corrected chi connectivity index (χ2v) is 9.37. The fraction of sp³-hybridized carbons (Fsp3) is 0.350. The number of halogens is 4. The Labute approximate surface area is 188 Å². The number of benzene rings is 2. The van der Waals surface area contributed by atoms with E-state index >= 15 is 0 Å². The van der Waals surface area contributed by atoms with E-state index in [0.29, 0.717) is 5.02 Å². The molecule has 0 atom stereocenters. The highest BCUT2D eigenvalue weighted by Crippen LogP contribution is 2.26. The van der Waals surface area contributed by atoms with E-state index in [9.17, 15) is 26.4 Å². The molecule has 32 heavy (non-hydrogen) atoms. The molecule has 1 N–H and O–H groups in total. The van der Waals surface area contributed by atoms with E-state index in [4.69, 9.17) is 16.3 Å². The first-order chi connectivity index (χ1) is 15.1. The van der Waals surface area contributed by atoms with Crippen molar-refractivity contribution in [1.82, 2.24) is 9.21 Å². The molecule has 3 rings (SSSR count). The van der Waals surface area contributed by atoms with Crippen molar-refractivity contribution in [2.24, 2.45) is 0 Å². The first-order valence-electron chi connectivity index (χ1n) is 9.62. The maximum atomic E-state index is 12.7. The average Bonchev–Trinajstić information content (AvgIpc) is 2.76. The van der Waals surface area contributed by atoms with E-state index in [1.54, 1.807) is 6.07 Å². The van der Waals surface area contributed by atoms with Gasteiger partial charge in [-0.1, -0.05) is 23.7 Å². The highest BCUT2D eigenvalue weighted by Gasteiger charge is 2.30. The first-order valence-corrected chi connectivity index (χ1v) is 11.4. The van der Waals surface area contributed by atoms with Crippen molar-refractivity contribution in [3.63, 3.8) is 0 Å². The molecule has 0 saturated carbocycles. The number of sulfonamides is 1. The van der Waals surface area contributed by atoms with Gasteiger partial charge in [0.1, 0.15) is 5.75 Å². The SMILES string of the molecule is O=C(CNc1ccccc1OCC(F)(F)F)N1CCN(S(=O)(=O)c2ccc(Cl)cc2)CC1. The number of hydrogen-bond acceptors (Lipinski definition) is 5. The van der Waals surface area contributed by atoms with Crippen LogP contribution in [0.15, 0.2) is 53.4 Å². The molecule has 0 spiro atoms. The van der Waals surface area contributed by atoms with Crippen molar-refractivity contribution in [1.29, 1.82) is 0 Å². The lowest BCUT2D eigenvalue weighted by molar-refractivity contribution is -0.153. The average molecular weight is 492 g/mol. The van der Waals surface area contributed by atoms with Gasteiger partial charge in [-0.3, -0.25) is 4.79 Å². The number of amides is 1. The maximum absolute atomic E-state index is 12.7. The maximum Gasteiger partial charge on any atom is 0.422 e. The van der Waals surface area contributed by atoms with Gasteiger partial charge in [0.05, 0.1) is 17.1 Å². The minimum absolute atomic E-state index is 0.0171. The molecule has 0 unspecified atom stereocenters. The van der Waals surface area contributed by atoms with Crippen LogP contribution in [0.4, 0.5) is 18.9 Å². The van der Waals surface area contributed by atoms with Crippen molar-refractivity contribution in [3.8, 4) is 5.75 Å². The Bertz CT molecular complexity index is 1040. The van der Waals surface area contributed by atoms with Gasteiger partial charge in [-0.05, 0) is 36.4 Å². The number of anilines is 1. The predicted octanol–water partition coefficient (Wildman–Crippen LogP) is 3.23. The number of piperazine rings is 1. The Morgan fingerprint density at radius 2 is 1.66 bits per heavy atom. The Balaban J connectivity index is 1.54. The molecule has 2 aromatic rings. The molecular formula is C20H21ClF3N3O4S. The fourth-order valence-electron chi connectivity index (χ4n) is 3.11. The lowest BCUT2D eigenvalue weighted by Gasteiger charge is -2.34. The number of rotatable bonds is 7. The van der Waals surface area contributed by atoms with Gasteiger partial charge in [0.25, 0.3) is 0 Å². The predicted molar refractivity (Wildman–Crippen MR) is 113 cm³/mol. The minimum Gasteiger partial charge on any atom is -0.482 e. The topological polar surface area (TPSA) is 79.0 Å². The zero-order valence-corrected chi connectivity index (χ0v) is 18.4. The summed E-state index contributed by atoms with van der Waals surface area (Å²) >= 11 is 5.81. The van der Waals surface area contributed by atoms with Crippen LogP contribution in [0, 0.1) is 0 Å². The lowest BCUT2D eigenvalue weighted by atomic mass is 10.3. The summed E-state index contributed by atoms with van der Waals surface area (Å²) in [6, 6.07) is 11.9. The third-order valence-electron chi connectivity index (χ3n) is 4.75. The highest BCUT2D eigenvalue weighted by atomic mass is 35.5. The molecule has 1 aliphatic rings. The number of hydrogen-bond donors (Lipinski definition) is 1. The molecule has 174 valence electrons. The Morgan fingerprint density at radius 3 is 2.28 bits per heavy atom. The van der Waals surface area contributed by atoms with Crippen LogP contribution in [0.5, 0.6) is 5.75 Å². The molecule has 0 radical (unpaired) electrons. The van der Waals surface area contributed by atoms with Gasteiger partial charge >= 0.3 is 6.18 Å². The smallest absolute Gasteiger partial charge is 0.422 e. The van der Waals surface area contributed by atoms with Crippen molar-refractivity contribution >= 4 is 33.2 Å². The number of carbonyl (C=O) groups is 1. The summed E-state index contributed by atoms with van der Waals surface area (Å²) in [6.07, 6.45) is -4.48. The van der Waals surface area contributed by atoms with Crippen LogP contribution in [-0.2, 0) is 14.8 Å². The fourth-order valence-corrected chi connectivity index (χ4v) is 4.66. The Hall–Kier alpha value is -2.50. The quantitative estimate of drug-likeness (QED) is 0.643. The van der Waals surface area contributed by atoms with E-state index in [2.05, 4.69) is 5.32 Å². The Morgan fingerprint density at radius 1 is 1.03 bits per heavy atom. The third-order valence-corrected chi connectivity index (χ3v) is 6.92. The van der Waals surface area contributed by atoms with Crippen LogP contribution in [0.25, 0.3) is 0 Å². The van der Waals surface area contributed by atoms with Crippen LogP contribution >= 0.6 is 11.6 Å². The number of para-hydroxylation sites is 2. The molecule has 0 aliphatic carbocycles. The molecule has 1 aliphatic heterocycles. The van der Waals surface area contributed by atoms with E-state index in [1.807, 2.05) is 0 Å². The summed E-state index contributed by atoms with van der Waals surface area (Å²) in [5, 5.41) is 3.22. The summed E-state index contributed by atoms with van der Waals surface area (Å²) in [5.41, 5.74) is 0.258. The third kappa shape index (κ3) is 6.27. The monoisotopic (exact) mass is 491 g/mol. The standard InChI is InChI=1S/C20H21ClF3N3O4S/c21-15-5-7-16(8-6-15)32(29,30)27-11-9-26(10-12-27)19(28)13-25-17-3-1-2-4-18(17)31-14-20(22,23)24/h1-8,25H,9-14H2. The number of alkyl halides is 3. The van der Waals surface area contributed by atoms with Crippen LogP contribution in [0.2, 0.25) is 5.02 Å². The van der Waals surface area contributed by atoms with Crippen molar-refractivity contribution < 1.29 is 31.1 Å². The summed E-state index contributed by atoms with van der Waals surface area (Å²) in [7, 11) is -3.69. The van der Waals surface area contributed by atoms with Crippen molar-refractivity contribution in [2.75, 3.05) is 44.6 Å². The number of ether oxygens (including phenoxy) is 1. The van der Waals surface area contributed by atoms with Crippen LogP contribution in [0.1, 0.15) is 0 Å². The molecular weight excluding hydrogens is 471 g/mol. The summed E-state index contributed by atoms with van der Waals surface area (Å²) in [5.74, 6) is -0.323. The largest absolute Gasteiger partial charge is 0.482 e. The molecule has 1 fully saturated rings. The van der Waals surface area contributed by atoms with Crippen molar-refractivity contribution in [3.05, 3.63) is 53.6 Å². The van der Waals surface area contributed by atoms with E-state index < -0.39 is 22.8 Å². The molecule has 12 heteroatoms. The molecule has 1 heterocycles. The van der Waals surface area contributed by atoms with Crippen LogP contribution in [0.3, 0.4) is 0 Å². The second-order valence-electron chi connectivity index (χ2n) is 6.99. The lowest BCUT2D eigenvalue weighted by Crippen LogP contribution is -2.51. The van der Waals surface area contributed by atoms with Gasteiger partial charge in [0.2, 0.25) is 15.9 Å². The summed E-state index contributed by atoms with van der Waals surface area (Å²) in [6.45, 7) is -0.969. The molecule has 2 aromatic carbocycles. The van der Waals surface area contributed by atoms with Gasteiger partial charge in [-0.15, -0.1) is 0 Å². The molecule has 1 amide bonds. The van der Waals surface area contributed by atoms with E-state index in [-0.39, 0.29) is 55.0 Å². The van der Waals surface area contributed by atoms with Gasteiger partial charge in [0.15, 0.2) is 6.61 Å². The zero-order valence-electron chi connectivity index (χ0n) is 16.8. The molecule has 0 bridgehead atoms. The highest BCUT2D eigenvalue weighted by molar-refractivity contribution is 7.89. The van der Waals surface area contributed by atoms with E-state index in [1.165, 1.54) is 51.7 Å². The van der Waals surface area contributed by atoms with Gasteiger partial charge in [-0.2, -0.15) is 17.5 Å². The van der Waals surface area contributed by atoms with Crippen LogP contribution < -0.4 is 10.1 Å². The molecule has 1 saturated heterocycles. The van der Waals surface area contributed by atoms with Crippen LogP contribution in [-0.4, -0.2) is 69.0 Å². The minimum atomic E-state index is -4.48. The second kappa shape index (κ2) is 9.97.